The van der Waals surface area contributed by atoms with Gasteiger partial charge in [0.1, 0.15) is 11.3 Å². The molecule has 28 heavy (non-hydrogen) atoms. The van der Waals surface area contributed by atoms with E-state index in [9.17, 15) is 4.79 Å². The molecule has 0 fully saturated rings. The van der Waals surface area contributed by atoms with E-state index in [2.05, 4.69) is 32.9 Å². The third-order valence-electron chi connectivity index (χ3n) is 4.16. The topological polar surface area (TPSA) is 64.4 Å². The molecule has 1 heterocycles. The second kappa shape index (κ2) is 8.02. The highest BCUT2D eigenvalue weighted by molar-refractivity contribution is 14.1. The zero-order chi connectivity index (χ0) is 19.5. The van der Waals surface area contributed by atoms with E-state index in [0.717, 1.165) is 14.9 Å². The summed E-state index contributed by atoms with van der Waals surface area (Å²) < 4.78 is 12.4. The van der Waals surface area contributed by atoms with Crippen molar-refractivity contribution < 1.29 is 13.9 Å². The Morgan fingerprint density at radius 3 is 2.54 bits per heavy atom. The van der Waals surface area contributed by atoms with E-state index < -0.39 is 0 Å². The number of ether oxygens (including phenoxy) is 1. The molecule has 0 radical (unpaired) electrons. The summed E-state index contributed by atoms with van der Waals surface area (Å²) in [6.45, 7) is 2.57. The largest absolute Gasteiger partial charge is 0.494 e. The average molecular weight is 484 g/mol. The number of oxazole rings is 1. The Balaban J connectivity index is 1.56. The first-order chi connectivity index (χ1) is 13.6. The van der Waals surface area contributed by atoms with Crippen LogP contribution in [0.4, 0.5) is 5.69 Å². The average Bonchev–Trinajstić information content (AvgIpc) is 3.12. The van der Waals surface area contributed by atoms with Crippen molar-refractivity contribution in [3.05, 3.63) is 75.9 Å². The molecule has 4 rings (SSSR count). The zero-order valence-electron chi connectivity index (χ0n) is 15.1. The second-order valence-electron chi connectivity index (χ2n) is 6.12. The Morgan fingerprint density at radius 1 is 1.07 bits per heavy atom. The van der Waals surface area contributed by atoms with Crippen molar-refractivity contribution in [2.75, 3.05) is 11.9 Å². The Morgan fingerprint density at radius 2 is 1.82 bits per heavy atom. The zero-order valence-corrected chi connectivity index (χ0v) is 17.3. The van der Waals surface area contributed by atoms with E-state index >= 15 is 0 Å². The van der Waals surface area contributed by atoms with Crippen molar-refractivity contribution in [3.63, 3.8) is 0 Å². The van der Waals surface area contributed by atoms with Crippen LogP contribution in [0.15, 0.2) is 71.1 Å². The summed E-state index contributed by atoms with van der Waals surface area (Å²) in [6, 6.07) is 20.4. The van der Waals surface area contributed by atoms with Crippen LogP contribution in [0.5, 0.6) is 5.75 Å². The van der Waals surface area contributed by atoms with Crippen molar-refractivity contribution in [2.24, 2.45) is 0 Å². The third-order valence-corrected chi connectivity index (χ3v) is 4.88. The maximum absolute atomic E-state index is 12.4. The molecular formula is C22H17IN2O3. The van der Waals surface area contributed by atoms with Crippen LogP contribution >= 0.6 is 22.6 Å². The second-order valence-corrected chi connectivity index (χ2v) is 7.37. The number of carbonyl (C=O) groups excluding carboxylic acids is 1. The van der Waals surface area contributed by atoms with Crippen molar-refractivity contribution in [2.45, 2.75) is 6.92 Å². The normalized spacial score (nSPS) is 10.8. The first-order valence-electron chi connectivity index (χ1n) is 8.83. The molecule has 0 aliphatic rings. The van der Waals surface area contributed by atoms with Gasteiger partial charge in [0.15, 0.2) is 5.58 Å². The van der Waals surface area contributed by atoms with E-state index in [1.165, 1.54) is 0 Å². The maximum atomic E-state index is 12.4. The molecule has 0 atom stereocenters. The summed E-state index contributed by atoms with van der Waals surface area (Å²) in [6.07, 6.45) is 0. The molecule has 6 heteroatoms. The third kappa shape index (κ3) is 4.01. The monoisotopic (exact) mass is 484 g/mol. The van der Waals surface area contributed by atoms with Gasteiger partial charge in [-0.25, -0.2) is 4.98 Å². The molecule has 0 unspecified atom stereocenters. The molecule has 1 amide bonds. The van der Waals surface area contributed by atoms with Gasteiger partial charge >= 0.3 is 0 Å². The highest BCUT2D eigenvalue weighted by Crippen LogP contribution is 2.27. The van der Waals surface area contributed by atoms with Gasteiger partial charge in [-0.3, -0.25) is 4.79 Å². The summed E-state index contributed by atoms with van der Waals surface area (Å²) >= 11 is 2.21. The molecule has 0 spiro atoms. The highest BCUT2D eigenvalue weighted by atomic mass is 127. The minimum absolute atomic E-state index is 0.161. The van der Waals surface area contributed by atoms with Crippen LogP contribution in [-0.4, -0.2) is 17.5 Å². The van der Waals surface area contributed by atoms with Crippen molar-refractivity contribution in [3.8, 4) is 17.2 Å². The minimum Gasteiger partial charge on any atom is -0.494 e. The number of nitrogens with zero attached hydrogens (tertiary/aromatic N) is 1. The van der Waals surface area contributed by atoms with Crippen LogP contribution < -0.4 is 10.1 Å². The number of hydrogen-bond acceptors (Lipinski definition) is 4. The fourth-order valence-electron chi connectivity index (χ4n) is 2.79. The lowest BCUT2D eigenvalue weighted by atomic mass is 10.2. The molecule has 4 aromatic rings. The molecule has 140 valence electrons. The highest BCUT2D eigenvalue weighted by Gasteiger charge is 2.11. The predicted octanol–water partition coefficient (Wildman–Crippen LogP) is 5.75. The van der Waals surface area contributed by atoms with Gasteiger partial charge in [-0.05, 0) is 96.2 Å². The fraction of sp³-hybridized carbons (Fsp3) is 0.0909. The lowest BCUT2D eigenvalue weighted by Gasteiger charge is -2.05. The molecule has 0 aliphatic carbocycles. The summed E-state index contributed by atoms with van der Waals surface area (Å²) in [4.78, 5) is 17.0. The Kier molecular flexibility index (Phi) is 5.29. The molecule has 5 nitrogen and oxygen atoms in total. The number of nitrogens with one attached hydrogen (secondary N) is 1. The summed E-state index contributed by atoms with van der Waals surface area (Å²) in [5.74, 6) is 1.17. The van der Waals surface area contributed by atoms with E-state index in [-0.39, 0.29) is 5.91 Å². The number of carbonyl (C=O) groups is 1. The number of amides is 1. The van der Waals surface area contributed by atoms with E-state index in [1.807, 2.05) is 55.5 Å². The van der Waals surface area contributed by atoms with Crippen molar-refractivity contribution in [1.29, 1.82) is 0 Å². The number of anilines is 1. The van der Waals surface area contributed by atoms with Gasteiger partial charge in [0.05, 0.1) is 6.61 Å². The van der Waals surface area contributed by atoms with E-state index in [1.54, 1.807) is 18.2 Å². The minimum atomic E-state index is -0.161. The summed E-state index contributed by atoms with van der Waals surface area (Å²) in [5, 5.41) is 2.90. The first-order valence-corrected chi connectivity index (χ1v) is 9.91. The molecule has 3 aromatic carbocycles. The van der Waals surface area contributed by atoms with Crippen LogP contribution in [0.3, 0.4) is 0 Å². The predicted molar refractivity (Wildman–Crippen MR) is 118 cm³/mol. The van der Waals surface area contributed by atoms with Gasteiger partial charge < -0.3 is 14.5 Å². The smallest absolute Gasteiger partial charge is 0.255 e. The van der Waals surface area contributed by atoms with Crippen LogP contribution in [0.1, 0.15) is 17.3 Å². The van der Waals surface area contributed by atoms with Gasteiger partial charge in [-0.15, -0.1) is 0 Å². The summed E-state index contributed by atoms with van der Waals surface area (Å²) in [7, 11) is 0. The number of benzene rings is 3. The number of hydrogen-bond donors (Lipinski definition) is 1. The summed E-state index contributed by atoms with van der Waals surface area (Å²) in [5.41, 5.74) is 3.49. The Labute approximate surface area is 175 Å². The standard InChI is InChI=1S/C22H17IN2O3/c1-2-27-18-10-5-15(6-11-18)22-25-19-13-17(9-12-20(19)28-22)24-21(26)14-3-7-16(23)8-4-14/h3-13H,2H2,1H3,(H,24,26). The van der Waals surface area contributed by atoms with Gasteiger partial charge in [0, 0.05) is 20.4 Å². The van der Waals surface area contributed by atoms with Crippen LogP contribution in [-0.2, 0) is 0 Å². The SMILES string of the molecule is CCOc1ccc(-c2nc3cc(NC(=O)c4ccc(I)cc4)ccc3o2)cc1. The quantitative estimate of drug-likeness (QED) is 0.367. The molecule has 0 saturated heterocycles. The lowest BCUT2D eigenvalue weighted by Crippen LogP contribution is -2.11. The first kappa shape index (κ1) is 18.5. The number of aromatic nitrogens is 1. The molecule has 0 saturated carbocycles. The number of fused-ring (bicyclic) bond motifs is 1. The van der Waals surface area contributed by atoms with Gasteiger partial charge in [-0.2, -0.15) is 0 Å². The van der Waals surface area contributed by atoms with Gasteiger partial charge in [0.25, 0.3) is 5.91 Å². The molecule has 1 N–H and O–H groups in total. The van der Waals surface area contributed by atoms with Crippen molar-refractivity contribution in [1.82, 2.24) is 4.98 Å². The molecule has 0 aliphatic heterocycles. The fourth-order valence-corrected chi connectivity index (χ4v) is 3.15. The Hall–Kier alpha value is -2.87. The molecular weight excluding hydrogens is 467 g/mol. The molecule has 1 aromatic heterocycles. The maximum Gasteiger partial charge on any atom is 0.255 e. The van der Waals surface area contributed by atoms with Crippen LogP contribution in [0, 0.1) is 3.57 Å². The molecule has 0 bridgehead atoms. The van der Waals surface area contributed by atoms with Crippen LogP contribution in [0.2, 0.25) is 0 Å². The van der Waals surface area contributed by atoms with E-state index in [4.69, 9.17) is 9.15 Å². The van der Waals surface area contributed by atoms with Crippen molar-refractivity contribution >= 4 is 45.3 Å². The van der Waals surface area contributed by atoms with Gasteiger partial charge in [0.2, 0.25) is 5.89 Å². The Bertz CT molecular complexity index is 1120. The van der Waals surface area contributed by atoms with Crippen LogP contribution in [0.25, 0.3) is 22.6 Å². The number of halogens is 1. The number of rotatable bonds is 5. The van der Waals surface area contributed by atoms with Gasteiger partial charge in [-0.1, -0.05) is 0 Å². The van der Waals surface area contributed by atoms with E-state index in [0.29, 0.717) is 34.8 Å². The lowest BCUT2D eigenvalue weighted by molar-refractivity contribution is 0.102.